The first-order chi connectivity index (χ1) is 11.4. The van der Waals surface area contributed by atoms with Crippen molar-refractivity contribution in [2.24, 2.45) is 0 Å². The first-order valence-corrected chi connectivity index (χ1v) is 26.0. The van der Waals surface area contributed by atoms with Crippen molar-refractivity contribution in [1.82, 2.24) is 0 Å². The topological polar surface area (TPSA) is 64.6 Å². The van der Waals surface area contributed by atoms with Gasteiger partial charge in [-0.05, 0) is 45.8 Å². The Morgan fingerprint density at radius 3 is 1.60 bits per heavy atom. The monoisotopic (exact) mass is 512 g/mol. The molecule has 0 rings (SSSR count). The van der Waals surface area contributed by atoms with Crippen LogP contribution in [0.1, 0.15) is 0 Å². The minimum Gasteiger partial charge on any atom is -0.449 e. The van der Waals surface area contributed by atoms with Crippen molar-refractivity contribution >= 4 is 85.5 Å². The molecule has 25 heavy (non-hydrogen) atoms. The fourth-order valence-electron chi connectivity index (χ4n) is 2.08. The highest BCUT2D eigenvalue weighted by Gasteiger charge is 2.38. The van der Waals surface area contributed by atoms with Crippen LogP contribution in [0, 0.1) is 0 Å². The highest BCUT2D eigenvalue weighted by atomic mass is 28.5. The van der Waals surface area contributed by atoms with Gasteiger partial charge in [-0.25, -0.2) is 0 Å². The molecule has 0 amide bonds. The number of hydrogen-bond acceptors (Lipinski definition) is 7. The van der Waals surface area contributed by atoms with E-state index in [1.807, 2.05) is 0 Å². The highest BCUT2D eigenvalue weighted by Crippen LogP contribution is 2.20. The van der Waals surface area contributed by atoms with Gasteiger partial charge in [0.1, 0.15) is 30.0 Å². The van der Waals surface area contributed by atoms with Crippen molar-refractivity contribution in [2.45, 2.75) is 58.9 Å². The molecule has 0 aromatic rings. The normalized spacial score (nSPS) is 15.2. The van der Waals surface area contributed by atoms with Crippen LogP contribution >= 0.6 is 0 Å². The molecule has 0 saturated heterocycles. The Labute approximate surface area is 172 Å². The summed E-state index contributed by atoms with van der Waals surface area (Å²) in [5.41, 5.74) is 0. The zero-order chi connectivity index (χ0) is 20.0. The van der Waals surface area contributed by atoms with Gasteiger partial charge in [0.15, 0.2) is 8.32 Å². The Morgan fingerprint density at radius 1 is 0.640 bits per heavy atom. The Bertz CT molecular complexity index is 308. The van der Waals surface area contributed by atoms with E-state index >= 15 is 0 Å². The molecule has 154 valence electrons. The van der Waals surface area contributed by atoms with Crippen molar-refractivity contribution in [1.29, 1.82) is 0 Å². The fraction of sp³-hybridized carbons (Fsp3) is 1.00. The van der Waals surface area contributed by atoms with Gasteiger partial charge in [-0.3, -0.25) is 0 Å². The van der Waals surface area contributed by atoms with Crippen LogP contribution in [0.15, 0.2) is 0 Å². The van der Waals surface area contributed by atoms with Crippen LogP contribution < -0.4 is 0 Å². The Kier molecular flexibility index (Phi) is 18.0. The van der Waals surface area contributed by atoms with Crippen LogP contribution in [0.25, 0.3) is 0 Å². The number of hydrogen-bond donors (Lipinski definition) is 0. The molecular weight excluding hydrogens is 473 g/mol. The van der Waals surface area contributed by atoms with Crippen LogP contribution in [-0.2, 0) is 28.8 Å². The molecule has 0 radical (unpaired) electrons. The van der Waals surface area contributed by atoms with Crippen molar-refractivity contribution in [3.63, 3.8) is 0 Å². The maximum Gasteiger partial charge on any atom is 0.312 e. The first kappa shape index (κ1) is 28.9. The van der Waals surface area contributed by atoms with E-state index in [1.54, 1.807) is 0 Å². The summed E-state index contributed by atoms with van der Waals surface area (Å²) in [5.74, 6) is 0. The van der Waals surface area contributed by atoms with Crippen LogP contribution in [0.4, 0.5) is 0 Å². The third-order valence-electron chi connectivity index (χ3n) is 2.27. The minimum absolute atomic E-state index is 0.235. The van der Waals surface area contributed by atoms with Gasteiger partial charge in [-0.2, -0.15) is 0 Å². The Hall–Kier alpha value is 1.67. The van der Waals surface area contributed by atoms with Gasteiger partial charge < -0.3 is 28.8 Å². The molecule has 0 aromatic heterocycles. The number of rotatable bonds is 13. The van der Waals surface area contributed by atoms with Gasteiger partial charge in [-0.15, -0.1) is 0 Å². The molecule has 0 unspecified atom stereocenters. The molecule has 0 N–H and O–H groups in total. The van der Waals surface area contributed by atoms with E-state index in [-0.39, 0.29) is 19.5 Å². The summed E-state index contributed by atoms with van der Waals surface area (Å²) < 4.78 is 38.6. The molecule has 16 heteroatoms. The summed E-state index contributed by atoms with van der Waals surface area (Å²) in [5, 5.41) is 0. The van der Waals surface area contributed by atoms with Crippen molar-refractivity contribution in [3.8, 4) is 0 Å². The van der Waals surface area contributed by atoms with Gasteiger partial charge in [0, 0.05) is 0 Å². The summed E-state index contributed by atoms with van der Waals surface area (Å²) in [6.07, 6.45) is 0. The van der Waals surface area contributed by atoms with Crippen molar-refractivity contribution in [2.75, 3.05) is 0 Å². The largest absolute Gasteiger partial charge is 0.449 e. The lowest BCUT2D eigenvalue weighted by molar-refractivity contribution is 0.339. The maximum atomic E-state index is 6.14. The molecule has 0 aliphatic rings. The predicted octanol–water partition coefficient (Wildman–Crippen LogP) is -2.13. The van der Waals surface area contributed by atoms with Gasteiger partial charge in [0.05, 0.1) is 0 Å². The molecule has 0 fully saturated rings. The van der Waals surface area contributed by atoms with E-state index < -0.39 is 55.5 Å². The lowest BCUT2D eigenvalue weighted by Gasteiger charge is -2.36. The van der Waals surface area contributed by atoms with E-state index in [0.29, 0.717) is 0 Å². The molecule has 0 aliphatic carbocycles. The second-order valence-electron chi connectivity index (χ2n) is 7.09. The lowest BCUT2D eigenvalue weighted by atomic mass is 11.8. The quantitative estimate of drug-likeness (QED) is 0.206. The summed E-state index contributed by atoms with van der Waals surface area (Å²) in [4.78, 5) is 0. The Balaban J connectivity index is 0. The van der Waals surface area contributed by atoms with Crippen LogP contribution in [-0.4, -0.2) is 85.5 Å². The zero-order valence-electron chi connectivity index (χ0n) is 17.9. The van der Waals surface area contributed by atoms with Crippen LogP contribution in [0.5, 0.6) is 0 Å². The first-order valence-electron chi connectivity index (χ1n) is 8.65. The summed E-state index contributed by atoms with van der Waals surface area (Å²) in [7, 11) is -7.21. The van der Waals surface area contributed by atoms with Gasteiger partial charge >= 0.3 is 17.1 Å². The highest BCUT2D eigenvalue weighted by molar-refractivity contribution is 6.86. The molecule has 0 aliphatic heterocycles. The van der Waals surface area contributed by atoms with Crippen molar-refractivity contribution in [3.05, 3.63) is 0 Å². The summed E-state index contributed by atoms with van der Waals surface area (Å²) in [6, 6.07) is 0. The standard InChI is InChI=1S/C8H26O3Si4.CH14O4Si5/c1-12-9-14(5,6)11-15(7,8)10-13(2,3)4;1-7-3-9-5-10-4-8-2-6/h12H2,1-8H3;7-10H2,1,6H3. The molecule has 0 saturated carbocycles. The molecule has 0 spiro atoms. The van der Waals surface area contributed by atoms with E-state index in [9.17, 15) is 0 Å². The molecule has 0 bridgehead atoms. The van der Waals surface area contributed by atoms with E-state index in [0.717, 1.165) is 10.5 Å². The van der Waals surface area contributed by atoms with Crippen LogP contribution in [0.3, 0.4) is 0 Å². The Morgan fingerprint density at radius 2 is 1.16 bits per heavy atom. The molecule has 0 heterocycles. The maximum absolute atomic E-state index is 6.14. The van der Waals surface area contributed by atoms with Gasteiger partial charge in [0.25, 0.3) is 30.0 Å². The third-order valence-corrected chi connectivity index (χ3v) is 20.5. The predicted molar refractivity (Wildman–Crippen MR) is 130 cm³/mol. The molecule has 0 atom stereocenters. The van der Waals surface area contributed by atoms with E-state index in [1.165, 1.54) is 0 Å². The van der Waals surface area contributed by atoms with Crippen LogP contribution in [0.2, 0.25) is 58.9 Å². The third kappa shape index (κ3) is 23.6. The smallest absolute Gasteiger partial charge is 0.312 e. The average molecular weight is 513 g/mol. The molecular formula is C9H40O7Si9. The fourth-order valence-corrected chi connectivity index (χ4v) is 23.2. The molecule has 7 nitrogen and oxygen atoms in total. The SMILES string of the molecule is C[SiH2]O[SiH2]O[SiH2]O[SiH2]O[SiH3].C[SiH2]O[Si](C)(C)O[Si](C)(C)O[Si](C)(C)C. The second-order valence-corrected chi connectivity index (χ2v) is 28.8. The average Bonchev–Trinajstić information content (AvgIpc) is 2.39. The second kappa shape index (κ2) is 15.6. The summed E-state index contributed by atoms with van der Waals surface area (Å²) >= 11 is 0. The summed E-state index contributed by atoms with van der Waals surface area (Å²) in [6.45, 7) is 19.3. The minimum atomic E-state index is -1.99. The molecule has 0 aromatic carbocycles. The van der Waals surface area contributed by atoms with Crippen molar-refractivity contribution < 1.29 is 28.8 Å². The zero-order valence-corrected chi connectivity index (χ0v) is 30.0. The van der Waals surface area contributed by atoms with E-state index in [4.69, 9.17) is 28.8 Å². The lowest BCUT2D eigenvalue weighted by Crippen LogP contribution is -2.52. The van der Waals surface area contributed by atoms with Gasteiger partial charge in [0.2, 0.25) is 0 Å². The van der Waals surface area contributed by atoms with E-state index in [2.05, 4.69) is 58.9 Å². The van der Waals surface area contributed by atoms with Gasteiger partial charge in [-0.1, -0.05) is 13.1 Å².